The molecule has 2 saturated heterocycles. The molecule has 4 heteroatoms. The lowest BCUT2D eigenvalue weighted by Crippen LogP contribution is -2.71. The average molecular weight is 200 g/mol. The van der Waals surface area contributed by atoms with Crippen LogP contribution in [0.15, 0.2) is 0 Å². The molecule has 0 aromatic heterocycles. The molecule has 0 aromatic rings. The molecule has 0 unspecified atom stereocenters. The summed E-state index contributed by atoms with van der Waals surface area (Å²) in [4.78, 5) is 4.67. The van der Waals surface area contributed by atoms with Gasteiger partial charge in [0, 0.05) is 45.2 Å². The third-order valence-electron chi connectivity index (χ3n) is 3.16. The standard InChI is InChI=1S/C10H20N2O2/c1-11-5-10(6-11)7-12(8-10)3-9(13)4-14-2/h9,13H,3-8H2,1-2H3/t9-/m1/s1. The van der Waals surface area contributed by atoms with Gasteiger partial charge in [-0.1, -0.05) is 0 Å². The van der Waals surface area contributed by atoms with Crippen LogP contribution in [0.2, 0.25) is 0 Å². The molecule has 2 aliphatic heterocycles. The van der Waals surface area contributed by atoms with Gasteiger partial charge in [0.15, 0.2) is 0 Å². The Hall–Kier alpha value is -0.160. The van der Waals surface area contributed by atoms with Gasteiger partial charge in [-0.15, -0.1) is 0 Å². The first kappa shape index (κ1) is 10.4. The molecule has 14 heavy (non-hydrogen) atoms. The first-order valence-electron chi connectivity index (χ1n) is 5.21. The Balaban J connectivity index is 1.63. The van der Waals surface area contributed by atoms with Gasteiger partial charge >= 0.3 is 0 Å². The van der Waals surface area contributed by atoms with Gasteiger partial charge in [0.2, 0.25) is 0 Å². The molecule has 0 aromatic carbocycles. The average Bonchev–Trinajstić information content (AvgIpc) is 1.98. The fourth-order valence-electron chi connectivity index (χ4n) is 2.87. The van der Waals surface area contributed by atoms with Gasteiger partial charge < -0.3 is 14.7 Å². The fourth-order valence-corrected chi connectivity index (χ4v) is 2.87. The van der Waals surface area contributed by atoms with Crippen LogP contribution in [0.1, 0.15) is 0 Å². The van der Waals surface area contributed by atoms with E-state index in [-0.39, 0.29) is 6.10 Å². The maximum Gasteiger partial charge on any atom is 0.0900 e. The van der Waals surface area contributed by atoms with Crippen LogP contribution in [0, 0.1) is 5.41 Å². The third-order valence-corrected chi connectivity index (χ3v) is 3.16. The van der Waals surface area contributed by atoms with Crippen LogP contribution < -0.4 is 0 Å². The minimum Gasteiger partial charge on any atom is -0.389 e. The number of nitrogens with zero attached hydrogens (tertiary/aromatic N) is 2. The molecule has 1 atom stereocenters. The summed E-state index contributed by atoms with van der Waals surface area (Å²) in [5.41, 5.74) is 0.571. The van der Waals surface area contributed by atoms with E-state index in [0.29, 0.717) is 12.0 Å². The zero-order valence-electron chi connectivity index (χ0n) is 9.07. The van der Waals surface area contributed by atoms with Crippen molar-refractivity contribution in [2.24, 2.45) is 5.41 Å². The lowest BCUT2D eigenvalue weighted by Gasteiger charge is -2.60. The zero-order valence-corrected chi connectivity index (χ0v) is 9.07. The lowest BCUT2D eigenvalue weighted by atomic mass is 9.73. The van der Waals surface area contributed by atoms with Gasteiger partial charge in [-0.3, -0.25) is 4.90 Å². The molecule has 0 saturated carbocycles. The highest BCUT2D eigenvalue weighted by Crippen LogP contribution is 2.38. The predicted molar refractivity (Wildman–Crippen MR) is 54.3 cm³/mol. The number of hydrogen-bond donors (Lipinski definition) is 1. The molecule has 0 radical (unpaired) electrons. The van der Waals surface area contributed by atoms with Gasteiger partial charge in [-0.05, 0) is 7.05 Å². The summed E-state index contributed by atoms with van der Waals surface area (Å²) in [5, 5.41) is 9.52. The van der Waals surface area contributed by atoms with Gasteiger partial charge in [-0.2, -0.15) is 0 Å². The second-order valence-electron chi connectivity index (χ2n) is 4.95. The van der Waals surface area contributed by atoms with Crippen molar-refractivity contribution < 1.29 is 9.84 Å². The molecule has 4 nitrogen and oxygen atoms in total. The predicted octanol–water partition coefficient (Wildman–Crippen LogP) is -0.759. The number of aliphatic hydroxyl groups excluding tert-OH is 1. The highest BCUT2D eigenvalue weighted by atomic mass is 16.5. The van der Waals surface area contributed by atoms with Gasteiger partial charge in [-0.25, -0.2) is 0 Å². The topological polar surface area (TPSA) is 35.9 Å². The quantitative estimate of drug-likeness (QED) is 0.647. The molecule has 0 aliphatic carbocycles. The molecule has 1 spiro atoms. The summed E-state index contributed by atoms with van der Waals surface area (Å²) < 4.78 is 4.90. The Kier molecular flexibility index (Phi) is 2.79. The van der Waals surface area contributed by atoms with E-state index >= 15 is 0 Å². The van der Waals surface area contributed by atoms with Crippen molar-refractivity contribution >= 4 is 0 Å². The summed E-state index contributed by atoms with van der Waals surface area (Å²) in [6.07, 6.45) is -0.324. The van der Waals surface area contributed by atoms with Gasteiger partial charge in [0.05, 0.1) is 12.7 Å². The maximum atomic E-state index is 9.52. The van der Waals surface area contributed by atoms with Crippen molar-refractivity contribution in [1.29, 1.82) is 0 Å². The van der Waals surface area contributed by atoms with E-state index in [1.165, 1.54) is 13.1 Å². The van der Waals surface area contributed by atoms with Crippen molar-refractivity contribution in [2.75, 3.05) is 53.5 Å². The van der Waals surface area contributed by atoms with E-state index in [1.54, 1.807) is 7.11 Å². The van der Waals surface area contributed by atoms with Crippen LogP contribution >= 0.6 is 0 Å². The molecular formula is C10H20N2O2. The van der Waals surface area contributed by atoms with Crippen molar-refractivity contribution in [3.63, 3.8) is 0 Å². The minimum absolute atomic E-state index is 0.324. The van der Waals surface area contributed by atoms with Crippen molar-refractivity contribution in [2.45, 2.75) is 6.10 Å². The molecule has 2 fully saturated rings. The molecule has 1 N–H and O–H groups in total. The summed E-state index contributed by atoms with van der Waals surface area (Å²) in [6, 6.07) is 0. The van der Waals surface area contributed by atoms with Gasteiger partial charge in [0.25, 0.3) is 0 Å². The molecule has 0 bridgehead atoms. The SMILES string of the molecule is COC[C@H](O)CN1CC2(CN(C)C2)C1. The highest BCUT2D eigenvalue weighted by Gasteiger charge is 2.50. The normalized spacial score (nSPS) is 28.5. The van der Waals surface area contributed by atoms with Crippen molar-refractivity contribution in [1.82, 2.24) is 9.80 Å². The summed E-state index contributed by atoms with van der Waals surface area (Å²) in [5.74, 6) is 0. The first-order valence-corrected chi connectivity index (χ1v) is 5.21. The second-order valence-corrected chi connectivity index (χ2v) is 4.95. The molecule has 2 rings (SSSR count). The Morgan fingerprint density at radius 1 is 1.36 bits per heavy atom. The molecule has 0 amide bonds. The summed E-state index contributed by atoms with van der Waals surface area (Å²) in [6.45, 7) is 5.96. The Morgan fingerprint density at radius 2 is 2.00 bits per heavy atom. The van der Waals surface area contributed by atoms with Crippen LogP contribution in [0.5, 0.6) is 0 Å². The summed E-state index contributed by atoms with van der Waals surface area (Å²) >= 11 is 0. The molecule has 2 heterocycles. The van der Waals surface area contributed by atoms with Crippen LogP contribution in [0.25, 0.3) is 0 Å². The van der Waals surface area contributed by atoms with Crippen molar-refractivity contribution in [3.05, 3.63) is 0 Å². The van der Waals surface area contributed by atoms with E-state index in [4.69, 9.17) is 4.74 Å². The van der Waals surface area contributed by atoms with E-state index in [2.05, 4.69) is 16.8 Å². The molecule has 82 valence electrons. The number of rotatable bonds is 4. The highest BCUT2D eigenvalue weighted by molar-refractivity contribution is 5.04. The maximum absolute atomic E-state index is 9.52. The third kappa shape index (κ3) is 1.93. The lowest BCUT2D eigenvalue weighted by molar-refractivity contribution is -0.118. The number of β-amino-alcohol motifs (C(OH)–C–C–N with tert-alkyl or cyclic N) is 1. The summed E-state index contributed by atoms with van der Waals surface area (Å²) in [7, 11) is 3.79. The van der Waals surface area contributed by atoms with Crippen LogP contribution in [-0.4, -0.2) is 74.5 Å². The number of ether oxygens (including phenoxy) is 1. The Morgan fingerprint density at radius 3 is 2.50 bits per heavy atom. The Bertz CT molecular complexity index is 194. The number of likely N-dealkylation sites (tertiary alicyclic amines) is 2. The first-order chi connectivity index (χ1) is 6.63. The number of aliphatic hydroxyl groups is 1. The second kappa shape index (κ2) is 3.77. The monoisotopic (exact) mass is 200 g/mol. The number of methoxy groups -OCH3 is 1. The van der Waals surface area contributed by atoms with Crippen LogP contribution in [-0.2, 0) is 4.74 Å². The smallest absolute Gasteiger partial charge is 0.0900 e. The fraction of sp³-hybridized carbons (Fsp3) is 1.00. The minimum atomic E-state index is -0.324. The van der Waals surface area contributed by atoms with Crippen LogP contribution in [0.3, 0.4) is 0 Å². The molecule has 2 aliphatic rings. The van der Waals surface area contributed by atoms with Gasteiger partial charge in [0.1, 0.15) is 0 Å². The zero-order chi connectivity index (χ0) is 10.2. The van der Waals surface area contributed by atoms with Crippen LogP contribution in [0.4, 0.5) is 0 Å². The van der Waals surface area contributed by atoms with Crippen molar-refractivity contribution in [3.8, 4) is 0 Å². The van der Waals surface area contributed by atoms with E-state index in [9.17, 15) is 5.11 Å². The largest absolute Gasteiger partial charge is 0.389 e. The Labute approximate surface area is 85.4 Å². The van der Waals surface area contributed by atoms with E-state index < -0.39 is 0 Å². The number of hydrogen-bond acceptors (Lipinski definition) is 4. The van der Waals surface area contributed by atoms with E-state index in [1.807, 2.05) is 0 Å². The molecular weight excluding hydrogens is 180 g/mol. The van der Waals surface area contributed by atoms with E-state index in [0.717, 1.165) is 19.6 Å².